The SMILES string of the molecule is COC(=O)C(C)CN(CC(C)C)C(=O)CCCOc1ccccc1. The van der Waals surface area contributed by atoms with Crippen LogP contribution in [-0.2, 0) is 14.3 Å². The molecule has 0 bridgehead atoms. The Bertz CT molecular complexity index is 501. The molecule has 0 heterocycles. The number of hydrogen-bond donors (Lipinski definition) is 0. The van der Waals surface area contributed by atoms with E-state index < -0.39 is 0 Å². The first-order valence-electron chi connectivity index (χ1n) is 8.47. The molecule has 0 spiro atoms. The van der Waals surface area contributed by atoms with E-state index in [0.717, 1.165) is 5.75 Å². The largest absolute Gasteiger partial charge is 0.494 e. The molecule has 1 amide bonds. The number of hydrogen-bond acceptors (Lipinski definition) is 4. The Morgan fingerprint density at radius 1 is 1.08 bits per heavy atom. The van der Waals surface area contributed by atoms with E-state index in [9.17, 15) is 9.59 Å². The minimum Gasteiger partial charge on any atom is -0.494 e. The van der Waals surface area contributed by atoms with Gasteiger partial charge in [0.2, 0.25) is 5.91 Å². The molecule has 0 aromatic heterocycles. The Morgan fingerprint density at radius 3 is 2.33 bits per heavy atom. The third-order valence-electron chi connectivity index (χ3n) is 3.58. The van der Waals surface area contributed by atoms with Gasteiger partial charge in [-0.05, 0) is 24.5 Å². The third kappa shape index (κ3) is 7.49. The summed E-state index contributed by atoms with van der Waals surface area (Å²) in [5, 5.41) is 0. The fraction of sp³-hybridized carbons (Fsp3) is 0.579. The highest BCUT2D eigenvalue weighted by atomic mass is 16.5. The van der Waals surface area contributed by atoms with E-state index in [1.807, 2.05) is 30.3 Å². The van der Waals surface area contributed by atoms with Gasteiger partial charge in [0.1, 0.15) is 5.75 Å². The lowest BCUT2D eigenvalue weighted by Gasteiger charge is -2.27. The van der Waals surface area contributed by atoms with Gasteiger partial charge in [-0.3, -0.25) is 9.59 Å². The summed E-state index contributed by atoms with van der Waals surface area (Å²) in [4.78, 5) is 25.8. The first-order valence-corrected chi connectivity index (χ1v) is 8.47. The molecule has 0 N–H and O–H groups in total. The van der Waals surface area contributed by atoms with Crippen LogP contribution in [0.15, 0.2) is 30.3 Å². The second-order valence-corrected chi connectivity index (χ2v) is 6.38. The Morgan fingerprint density at radius 2 is 1.75 bits per heavy atom. The summed E-state index contributed by atoms with van der Waals surface area (Å²) in [6, 6.07) is 9.55. The van der Waals surface area contributed by atoms with Crippen molar-refractivity contribution in [2.75, 3.05) is 26.8 Å². The number of esters is 1. The summed E-state index contributed by atoms with van der Waals surface area (Å²) in [6.45, 7) is 7.43. The number of rotatable bonds is 10. The van der Waals surface area contributed by atoms with Gasteiger partial charge >= 0.3 is 5.97 Å². The molecule has 0 aliphatic carbocycles. The van der Waals surface area contributed by atoms with E-state index in [1.165, 1.54) is 7.11 Å². The van der Waals surface area contributed by atoms with Crippen molar-refractivity contribution in [3.05, 3.63) is 30.3 Å². The average molecular weight is 335 g/mol. The van der Waals surface area contributed by atoms with Gasteiger partial charge in [0.25, 0.3) is 0 Å². The highest BCUT2D eigenvalue weighted by molar-refractivity contribution is 5.78. The molecule has 1 unspecified atom stereocenters. The van der Waals surface area contributed by atoms with Gasteiger partial charge in [0, 0.05) is 19.5 Å². The van der Waals surface area contributed by atoms with Crippen LogP contribution < -0.4 is 4.74 Å². The predicted octanol–water partition coefficient (Wildman–Crippen LogP) is 3.14. The van der Waals surface area contributed by atoms with Crippen LogP contribution in [-0.4, -0.2) is 43.6 Å². The van der Waals surface area contributed by atoms with Crippen molar-refractivity contribution in [2.45, 2.75) is 33.6 Å². The second-order valence-electron chi connectivity index (χ2n) is 6.38. The summed E-state index contributed by atoms with van der Waals surface area (Å²) in [6.07, 6.45) is 1.06. The molecule has 0 aliphatic rings. The quantitative estimate of drug-likeness (QED) is 0.487. The summed E-state index contributed by atoms with van der Waals surface area (Å²) in [7, 11) is 1.37. The predicted molar refractivity (Wildman–Crippen MR) is 93.8 cm³/mol. The Kier molecular flexibility index (Phi) is 8.90. The highest BCUT2D eigenvalue weighted by Crippen LogP contribution is 2.11. The normalized spacial score (nSPS) is 11.9. The number of carbonyl (C=O) groups is 2. The van der Waals surface area contributed by atoms with Crippen molar-refractivity contribution in [3.63, 3.8) is 0 Å². The lowest BCUT2D eigenvalue weighted by atomic mass is 10.1. The molecule has 0 radical (unpaired) electrons. The van der Waals surface area contributed by atoms with E-state index in [4.69, 9.17) is 9.47 Å². The molecule has 1 aromatic rings. The number of nitrogens with zero attached hydrogens (tertiary/aromatic N) is 1. The van der Waals surface area contributed by atoms with E-state index in [0.29, 0.717) is 38.5 Å². The van der Waals surface area contributed by atoms with Crippen LogP contribution in [0.2, 0.25) is 0 Å². The van der Waals surface area contributed by atoms with Crippen molar-refractivity contribution in [1.82, 2.24) is 4.90 Å². The lowest BCUT2D eigenvalue weighted by molar-refractivity contribution is -0.146. The zero-order chi connectivity index (χ0) is 17.9. The van der Waals surface area contributed by atoms with Crippen LogP contribution in [0.1, 0.15) is 33.6 Å². The molecule has 1 atom stereocenters. The van der Waals surface area contributed by atoms with Crippen LogP contribution in [0, 0.1) is 11.8 Å². The zero-order valence-electron chi connectivity index (χ0n) is 15.2. The molecule has 0 saturated heterocycles. The molecule has 0 aliphatic heterocycles. The lowest BCUT2D eigenvalue weighted by Crippen LogP contribution is -2.39. The van der Waals surface area contributed by atoms with Crippen molar-refractivity contribution in [3.8, 4) is 5.75 Å². The molecule has 1 rings (SSSR count). The summed E-state index contributed by atoms with van der Waals surface area (Å²) < 4.78 is 10.4. The molecule has 5 heteroatoms. The summed E-state index contributed by atoms with van der Waals surface area (Å²) >= 11 is 0. The van der Waals surface area contributed by atoms with Crippen LogP contribution >= 0.6 is 0 Å². The van der Waals surface area contributed by atoms with Crippen molar-refractivity contribution < 1.29 is 19.1 Å². The van der Waals surface area contributed by atoms with Gasteiger partial charge in [0.05, 0.1) is 19.6 Å². The third-order valence-corrected chi connectivity index (χ3v) is 3.58. The maximum Gasteiger partial charge on any atom is 0.310 e. The standard InChI is InChI=1S/C19H29NO4/c1-15(2)13-20(14-16(3)19(22)23-4)18(21)11-8-12-24-17-9-6-5-7-10-17/h5-7,9-10,15-16H,8,11-14H2,1-4H3. The molecule has 5 nitrogen and oxygen atoms in total. The number of carbonyl (C=O) groups excluding carboxylic acids is 2. The first-order chi connectivity index (χ1) is 11.4. The number of para-hydroxylation sites is 1. The monoisotopic (exact) mass is 335 g/mol. The van der Waals surface area contributed by atoms with Crippen LogP contribution in [0.4, 0.5) is 0 Å². The fourth-order valence-electron chi connectivity index (χ4n) is 2.41. The van der Waals surface area contributed by atoms with Crippen LogP contribution in [0.5, 0.6) is 5.75 Å². The first kappa shape index (κ1) is 20.0. The Labute approximate surface area is 144 Å². The minimum absolute atomic E-state index is 0.0520. The molecule has 0 fully saturated rings. The summed E-state index contributed by atoms with van der Waals surface area (Å²) in [5.74, 6) is 0.598. The van der Waals surface area contributed by atoms with Crippen LogP contribution in [0.25, 0.3) is 0 Å². The smallest absolute Gasteiger partial charge is 0.310 e. The maximum atomic E-state index is 12.5. The number of amides is 1. The van der Waals surface area contributed by atoms with E-state index in [1.54, 1.807) is 11.8 Å². The van der Waals surface area contributed by atoms with Crippen molar-refractivity contribution >= 4 is 11.9 Å². The van der Waals surface area contributed by atoms with E-state index >= 15 is 0 Å². The Hall–Kier alpha value is -2.04. The molecule has 134 valence electrons. The Balaban J connectivity index is 2.44. The summed E-state index contributed by atoms with van der Waals surface area (Å²) in [5.41, 5.74) is 0. The topological polar surface area (TPSA) is 55.8 Å². The number of benzene rings is 1. The molecular weight excluding hydrogens is 306 g/mol. The second kappa shape index (κ2) is 10.7. The highest BCUT2D eigenvalue weighted by Gasteiger charge is 2.21. The van der Waals surface area contributed by atoms with Gasteiger partial charge in [-0.25, -0.2) is 0 Å². The maximum absolute atomic E-state index is 12.5. The van der Waals surface area contributed by atoms with Crippen molar-refractivity contribution in [2.24, 2.45) is 11.8 Å². The van der Waals surface area contributed by atoms with Gasteiger partial charge in [0.15, 0.2) is 0 Å². The molecule has 1 aromatic carbocycles. The van der Waals surface area contributed by atoms with Crippen LogP contribution in [0.3, 0.4) is 0 Å². The number of methoxy groups -OCH3 is 1. The van der Waals surface area contributed by atoms with Gasteiger partial charge < -0.3 is 14.4 Å². The average Bonchev–Trinajstić information content (AvgIpc) is 2.57. The minimum atomic E-state index is -0.321. The zero-order valence-corrected chi connectivity index (χ0v) is 15.2. The van der Waals surface area contributed by atoms with E-state index in [2.05, 4.69) is 13.8 Å². The molecular formula is C19H29NO4. The molecule has 0 saturated carbocycles. The van der Waals surface area contributed by atoms with Gasteiger partial charge in [-0.1, -0.05) is 39.0 Å². The number of ether oxygens (including phenoxy) is 2. The molecule has 24 heavy (non-hydrogen) atoms. The fourth-order valence-corrected chi connectivity index (χ4v) is 2.41. The van der Waals surface area contributed by atoms with Crippen molar-refractivity contribution in [1.29, 1.82) is 0 Å². The van der Waals surface area contributed by atoms with E-state index in [-0.39, 0.29) is 17.8 Å². The van der Waals surface area contributed by atoms with Gasteiger partial charge in [-0.2, -0.15) is 0 Å². The van der Waals surface area contributed by atoms with Gasteiger partial charge in [-0.15, -0.1) is 0 Å².